The van der Waals surface area contributed by atoms with Gasteiger partial charge in [-0.2, -0.15) is 0 Å². The summed E-state index contributed by atoms with van der Waals surface area (Å²) in [6, 6.07) is 15.9. The summed E-state index contributed by atoms with van der Waals surface area (Å²) in [5, 5.41) is 1.40. The Balaban J connectivity index is 1.89. The Morgan fingerprint density at radius 3 is 2.55 bits per heavy atom. The first-order chi connectivity index (χ1) is 15.9. The highest BCUT2D eigenvalue weighted by Gasteiger charge is 2.52. The van der Waals surface area contributed by atoms with Crippen molar-refractivity contribution in [2.75, 3.05) is 6.61 Å². The highest BCUT2D eigenvalue weighted by Crippen LogP contribution is 2.52. The Kier molecular flexibility index (Phi) is 7.53. The molecule has 3 nitrogen and oxygen atoms in total. The molecule has 0 aliphatic carbocycles. The maximum absolute atomic E-state index is 14.3. The zero-order valence-electron chi connectivity index (χ0n) is 19.5. The average molecular weight is 486 g/mol. The Bertz CT molecular complexity index is 986. The maximum Gasteiger partial charge on any atom is 0.229 e. The van der Waals surface area contributed by atoms with Crippen molar-refractivity contribution in [2.45, 2.75) is 70.1 Å². The van der Waals surface area contributed by atoms with Crippen LogP contribution < -0.4 is 0 Å². The first kappa shape index (κ1) is 24.3. The molecule has 5 heteroatoms. The zero-order valence-corrected chi connectivity index (χ0v) is 21.0. The van der Waals surface area contributed by atoms with Gasteiger partial charge >= 0.3 is 0 Å². The molecule has 0 radical (unpaired) electrons. The van der Waals surface area contributed by atoms with Gasteiger partial charge in [-0.1, -0.05) is 67.4 Å². The summed E-state index contributed by atoms with van der Waals surface area (Å²) in [7, 11) is 0. The summed E-state index contributed by atoms with van der Waals surface area (Å²) in [5.74, 6) is 0.269. The highest BCUT2D eigenvalue weighted by molar-refractivity contribution is 6.30. The number of halogens is 2. The van der Waals surface area contributed by atoms with Crippen molar-refractivity contribution in [1.29, 1.82) is 0 Å². The summed E-state index contributed by atoms with van der Waals surface area (Å²) in [4.78, 5) is 16.4. The maximum atomic E-state index is 14.3. The van der Waals surface area contributed by atoms with Crippen molar-refractivity contribution in [3.63, 3.8) is 0 Å². The predicted octanol–water partition coefficient (Wildman–Crippen LogP) is 7.59. The topological polar surface area (TPSA) is 29.5 Å². The molecule has 2 aromatic rings. The Morgan fingerprint density at radius 1 is 1.18 bits per heavy atom. The Hall–Kier alpha value is -1.81. The second kappa shape index (κ2) is 10.2. The van der Waals surface area contributed by atoms with Crippen LogP contribution in [0.4, 0.5) is 0 Å². The van der Waals surface area contributed by atoms with Crippen LogP contribution in [0.25, 0.3) is 0 Å². The van der Waals surface area contributed by atoms with Crippen molar-refractivity contribution in [1.82, 2.24) is 4.90 Å². The Labute approximate surface area is 207 Å². The SMILES string of the molecule is C=CC[C@@]1(C)CC(c2cccc(Cl)c2)[C@@H](c2ccc(Cl)cc2)N([C@@H](CC)C2CCCO2)C1=O. The third-order valence-electron chi connectivity index (χ3n) is 7.35. The van der Waals surface area contributed by atoms with Gasteiger partial charge in [-0.05, 0) is 67.5 Å². The summed E-state index contributed by atoms with van der Waals surface area (Å²) < 4.78 is 6.14. The number of nitrogens with zero attached hydrogens (tertiary/aromatic N) is 1. The number of allylic oxidation sites excluding steroid dienone is 1. The number of benzene rings is 2. The molecular weight excluding hydrogens is 453 g/mol. The number of hydrogen-bond donors (Lipinski definition) is 0. The molecule has 5 atom stereocenters. The molecule has 33 heavy (non-hydrogen) atoms. The number of carbonyl (C=O) groups is 1. The molecule has 2 unspecified atom stereocenters. The minimum absolute atomic E-state index is 0.00630. The minimum Gasteiger partial charge on any atom is -0.376 e. The summed E-state index contributed by atoms with van der Waals surface area (Å²) in [6.45, 7) is 8.97. The quantitative estimate of drug-likeness (QED) is 0.378. The predicted molar refractivity (Wildman–Crippen MR) is 136 cm³/mol. The van der Waals surface area contributed by atoms with E-state index in [9.17, 15) is 4.79 Å². The summed E-state index contributed by atoms with van der Waals surface area (Å²) >= 11 is 12.7. The molecule has 2 aromatic carbocycles. The number of hydrogen-bond acceptors (Lipinski definition) is 2. The smallest absolute Gasteiger partial charge is 0.229 e. The van der Waals surface area contributed by atoms with Crippen LogP contribution in [0, 0.1) is 5.41 Å². The van der Waals surface area contributed by atoms with Crippen molar-refractivity contribution in [3.05, 3.63) is 82.4 Å². The summed E-state index contributed by atoms with van der Waals surface area (Å²) in [5.41, 5.74) is 1.70. The lowest BCUT2D eigenvalue weighted by Gasteiger charge is -2.53. The van der Waals surface area contributed by atoms with Gasteiger partial charge in [0.2, 0.25) is 5.91 Å². The summed E-state index contributed by atoms with van der Waals surface area (Å²) in [6.07, 6.45) is 6.15. The molecule has 2 aliphatic rings. The molecule has 1 amide bonds. The lowest BCUT2D eigenvalue weighted by molar-refractivity contribution is -0.158. The van der Waals surface area contributed by atoms with E-state index in [1.165, 1.54) is 0 Å². The third-order valence-corrected chi connectivity index (χ3v) is 7.84. The second-order valence-electron chi connectivity index (χ2n) is 9.65. The van der Waals surface area contributed by atoms with E-state index in [1.54, 1.807) is 0 Å². The van der Waals surface area contributed by atoms with E-state index in [0.29, 0.717) is 16.5 Å². The first-order valence-electron chi connectivity index (χ1n) is 11.9. The molecule has 0 bridgehead atoms. The van der Waals surface area contributed by atoms with Gasteiger partial charge in [0.1, 0.15) is 0 Å². The number of rotatable bonds is 7. The van der Waals surface area contributed by atoms with E-state index in [4.69, 9.17) is 27.9 Å². The fraction of sp³-hybridized carbons (Fsp3) is 0.464. The molecule has 4 rings (SSSR count). The van der Waals surface area contributed by atoms with Crippen LogP contribution in [-0.2, 0) is 9.53 Å². The van der Waals surface area contributed by atoms with Crippen molar-refractivity contribution in [2.24, 2.45) is 5.41 Å². The number of carbonyl (C=O) groups excluding carboxylic acids is 1. The highest BCUT2D eigenvalue weighted by atomic mass is 35.5. The van der Waals surface area contributed by atoms with Gasteiger partial charge in [0.05, 0.1) is 23.6 Å². The standard InChI is InChI=1S/C28H33Cl2NO2/c1-4-15-28(3)18-23(20-8-6-9-22(30)17-20)26(19-11-13-21(29)14-12-19)31(27(28)32)24(5-2)25-10-7-16-33-25/h4,6,8-9,11-14,17,23-26H,1,5,7,10,15-16,18H2,2-3H3/t23?,24-,25?,26+,28-/m0/s1. The van der Waals surface area contributed by atoms with Crippen LogP contribution in [0.5, 0.6) is 0 Å². The molecule has 0 spiro atoms. The molecule has 0 aromatic heterocycles. The van der Waals surface area contributed by atoms with E-state index in [0.717, 1.165) is 43.4 Å². The van der Waals surface area contributed by atoms with Crippen LogP contribution in [0.3, 0.4) is 0 Å². The molecule has 2 aliphatic heterocycles. The molecule has 0 N–H and O–H groups in total. The molecule has 2 heterocycles. The first-order valence-corrected chi connectivity index (χ1v) is 12.7. The van der Waals surface area contributed by atoms with Crippen molar-refractivity contribution in [3.8, 4) is 0 Å². The van der Waals surface area contributed by atoms with Gasteiger partial charge in [0.15, 0.2) is 0 Å². The van der Waals surface area contributed by atoms with E-state index < -0.39 is 5.41 Å². The van der Waals surface area contributed by atoms with Crippen LogP contribution in [-0.4, -0.2) is 29.6 Å². The van der Waals surface area contributed by atoms with E-state index in [-0.39, 0.29) is 30.0 Å². The normalized spacial score (nSPS) is 28.7. The van der Waals surface area contributed by atoms with Crippen LogP contribution in [0.1, 0.15) is 69.0 Å². The molecule has 176 valence electrons. The van der Waals surface area contributed by atoms with Crippen LogP contribution in [0.2, 0.25) is 10.0 Å². The molecule has 0 saturated carbocycles. The largest absolute Gasteiger partial charge is 0.376 e. The van der Waals surface area contributed by atoms with Crippen molar-refractivity contribution >= 4 is 29.1 Å². The molecular formula is C28H33Cl2NO2. The van der Waals surface area contributed by atoms with Crippen molar-refractivity contribution < 1.29 is 9.53 Å². The fourth-order valence-corrected chi connectivity index (χ4v) is 6.12. The monoisotopic (exact) mass is 485 g/mol. The lowest BCUT2D eigenvalue weighted by Crippen LogP contribution is -2.58. The van der Waals surface area contributed by atoms with E-state index in [2.05, 4.69) is 43.5 Å². The fourth-order valence-electron chi connectivity index (χ4n) is 5.80. The lowest BCUT2D eigenvalue weighted by atomic mass is 9.66. The van der Waals surface area contributed by atoms with Gasteiger partial charge < -0.3 is 9.64 Å². The molecule has 2 saturated heterocycles. The van der Waals surface area contributed by atoms with Crippen LogP contribution >= 0.6 is 23.2 Å². The van der Waals surface area contributed by atoms with Gasteiger partial charge in [-0.3, -0.25) is 4.79 Å². The Morgan fingerprint density at radius 2 is 1.94 bits per heavy atom. The number of amides is 1. The van der Waals surface area contributed by atoms with Gasteiger partial charge in [-0.15, -0.1) is 6.58 Å². The number of ether oxygens (including phenoxy) is 1. The van der Waals surface area contributed by atoms with Crippen LogP contribution in [0.15, 0.2) is 61.2 Å². The van der Waals surface area contributed by atoms with Gasteiger partial charge in [-0.25, -0.2) is 0 Å². The van der Waals surface area contributed by atoms with Gasteiger partial charge in [0, 0.05) is 22.6 Å². The number of likely N-dealkylation sites (tertiary alicyclic amines) is 1. The van der Waals surface area contributed by atoms with E-state index >= 15 is 0 Å². The molecule has 2 fully saturated rings. The average Bonchev–Trinajstić information content (AvgIpc) is 3.33. The van der Waals surface area contributed by atoms with Gasteiger partial charge in [0.25, 0.3) is 0 Å². The van der Waals surface area contributed by atoms with E-state index in [1.807, 2.05) is 36.4 Å². The zero-order chi connectivity index (χ0) is 23.6. The second-order valence-corrected chi connectivity index (χ2v) is 10.5. The third kappa shape index (κ3) is 4.87. The minimum atomic E-state index is -0.538. The number of piperidine rings is 1.